The molecule has 1 atom stereocenters. The fourth-order valence-corrected chi connectivity index (χ4v) is 1.78. The highest BCUT2D eigenvalue weighted by atomic mass is 16.3. The van der Waals surface area contributed by atoms with Crippen molar-refractivity contribution < 1.29 is 5.11 Å². The second-order valence-electron chi connectivity index (χ2n) is 3.71. The number of aliphatic hydroxyl groups is 1. The van der Waals surface area contributed by atoms with E-state index in [9.17, 15) is 5.11 Å². The van der Waals surface area contributed by atoms with Gasteiger partial charge in [0.05, 0.1) is 6.10 Å². The van der Waals surface area contributed by atoms with E-state index in [2.05, 4.69) is 10.2 Å². The summed E-state index contributed by atoms with van der Waals surface area (Å²) in [7, 11) is 2.02. The molecule has 1 saturated heterocycles. The molecule has 0 aromatic heterocycles. The van der Waals surface area contributed by atoms with E-state index in [0.29, 0.717) is 6.04 Å². The molecule has 0 aliphatic carbocycles. The molecular weight excluding hydrogens is 152 g/mol. The number of nitrogens with one attached hydrogen (secondary N) is 1. The van der Waals surface area contributed by atoms with Gasteiger partial charge >= 0.3 is 0 Å². The van der Waals surface area contributed by atoms with Gasteiger partial charge in [-0.1, -0.05) is 0 Å². The lowest BCUT2D eigenvalue weighted by atomic mass is 10.1. The predicted octanol–water partition coefficient (Wildman–Crippen LogP) is 0.0510. The van der Waals surface area contributed by atoms with Gasteiger partial charge in [0.2, 0.25) is 0 Å². The van der Waals surface area contributed by atoms with Crippen molar-refractivity contribution >= 4 is 0 Å². The van der Waals surface area contributed by atoms with E-state index < -0.39 is 0 Å². The van der Waals surface area contributed by atoms with Crippen molar-refractivity contribution in [1.82, 2.24) is 10.2 Å². The maximum atomic E-state index is 9.17. The van der Waals surface area contributed by atoms with Gasteiger partial charge in [0.25, 0.3) is 0 Å². The van der Waals surface area contributed by atoms with Crippen LogP contribution in [0, 0.1) is 0 Å². The van der Waals surface area contributed by atoms with Crippen LogP contribution in [0.15, 0.2) is 0 Å². The maximum Gasteiger partial charge on any atom is 0.0639 e. The Bertz CT molecular complexity index is 120. The SMILES string of the molecule is CNC1CCN(C[C@@H](C)O)CC1. The molecule has 1 aliphatic rings. The van der Waals surface area contributed by atoms with Gasteiger partial charge in [-0.3, -0.25) is 0 Å². The Morgan fingerprint density at radius 1 is 1.50 bits per heavy atom. The van der Waals surface area contributed by atoms with Crippen LogP contribution in [-0.4, -0.2) is 48.8 Å². The van der Waals surface area contributed by atoms with E-state index in [0.717, 1.165) is 19.6 Å². The summed E-state index contributed by atoms with van der Waals surface area (Å²) in [5.74, 6) is 0. The van der Waals surface area contributed by atoms with Gasteiger partial charge in [-0.25, -0.2) is 0 Å². The van der Waals surface area contributed by atoms with Crippen molar-refractivity contribution in [1.29, 1.82) is 0 Å². The van der Waals surface area contributed by atoms with E-state index in [1.54, 1.807) is 0 Å². The molecule has 1 fully saturated rings. The van der Waals surface area contributed by atoms with Crippen molar-refractivity contribution in [2.24, 2.45) is 0 Å². The van der Waals surface area contributed by atoms with Gasteiger partial charge in [0.15, 0.2) is 0 Å². The zero-order valence-corrected chi connectivity index (χ0v) is 8.08. The quantitative estimate of drug-likeness (QED) is 0.631. The summed E-state index contributed by atoms with van der Waals surface area (Å²) in [6, 6.07) is 0.690. The highest BCUT2D eigenvalue weighted by Gasteiger charge is 2.17. The monoisotopic (exact) mass is 172 g/mol. The second kappa shape index (κ2) is 4.80. The molecule has 1 rings (SSSR count). The molecule has 12 heavy (non-hydrogen) atoms. The Balaban J connectivity index is 2.17. The maximum absolute atomic E-state index is 9.17. The lowest BCUT2D eigenvalue weighted by Gasteiger charge is -2.32. The number of β-amino-alcohol motifs (C(OH)–C–C–N with tert-alkyl or cyclic N) is 1. The van der Waals surface area contributed by atoms with E-state index in [1.165, 1.54) is 12.8 Å². The average molecular weight is 172 g/mol. The van der Waals surface area contributed by atoms with Gasteiger partial charge in [0.1, 0.15) is 0 Å². The Labute approximate surface area is 74.8 Å². The van der Waals surface area contributed by atoms with Crippen LogP contribution in [0.25, 0.3) is 0 Å². The number of likely N-dealkylation sites (tertiary alicyclic amines) is 1. The van der Waals surface area contributed by atoms with E-state index in [1.807, 2.05) is 14.0 Å². The standard InChI is InChI=1S/C9H20N2O/c1-8(12)7-11-5-3-9(10-2)4-6-11/h8-10,12H,3-7H2,1-2H3/t8-/m1/s1. The van der Waals surface area contributed by atoms with E-state index in [4.69, 9.17) is 0 Å². The van der Waals surface area contributed by atoms with Crippen LogP contribution >= 0.6 is 0 Å². The summed E-state index contributed by atoms with van der Waals surface area (Å²) in [5, 5.41) is 12.5. The predicted molar refractivity (Wildman–Crippen MR) is 50.2 cm³/mol. The third-order valence-corrected chi connectivity index (χ3v) is 2.52. The van der Waals surface area contributed by atoms with E-state index >= 15 is 0 Å². The number of aliphatic hydroxyl groups excluding tert-OH is 1. The third-order valence-electron chi connectivity index (χ3n) is 2.52. The molecule has 0 unspecified atom stereocenters. The summed E-state index contributed by atoms with van der Waals surface area (Å²) in [4.78, 5) is 2.33. The first kappa shape index (κ1) is 9.96. The molecule has 3 nitrogen and oxygen atoms in total. The van der Waals surface area contributed by atoms with Crippen molar-refractivity contribution in [2.45, 2.75) is 31.9 Å². The van der Waals surface area contributed by atoms with Crippen molar-refractivity contribution in [3.05, 3.63) is 0 Å². The Morgan fingerprint density at radius 3 is 2.50 bits per heavy atom. The fourth-order valence-electron chi connectivity index (χ4n) is 1.78. The molecule has 1 aliphatic heterocycles. The lowest BCUT2D eigenvalue weighted by Crippen LogP contribution is -2.43. The minimum absolute atomic E-state index is 0.184. The molecule has 3 heteroatoms. The molecule has 1 heterocycles. The Kier molecular flexibility index (Phi) is 3.98. The van der Waals surface area contributed by atoms with Crippen molar-refractivity contribution in [3.8, 4) is 0 Å². The summed E-state index contributed by atoms with van der Waals surface area (Å²) in [6.45, 7) is 4.92. The molecule has 0 aromatic carbocycles. The molecule has 0 spiro atoms. The zero-order chi connectivity index (χ0) is 8.97. The number of nitrogens with zero attached hydrogens (tertiary/aromatic N) is 1. The van der Waals surface area contributed by atoms with Crippen molar-refractivity contribution in [3.63, 3.8) is 0 Å². The summed E-state index contributed by atoms with van der Waals surface area (Å²) in [5.41, 5.74) is 0. The first-order valence-corrected chi connectivity index (χ1v) is 4.80. The normalized spacial score (nSPS) is 24.2. The van der Waals surface area contributed by atoms with Crippen LogP contribution in [0.5, 0.6) is 0 Å². The van der Waals surface area contributed by atoms with Gasteiger partial charge in [-0.05, 0) is 39.9 Å². The van der Waals surface area contributed by atoms with Crippen LogP contribution < -0.4 is 5.32 Å². The number of piperidine rings is 1. The molecule has 0 amide bonds. The fraction of sp³-hybridized carbons (Fsp3) is 1.00. The highest BCUT2D eigenvalue weighted by Crippen LogP contribution is 2.09. The molecule has 0 radical (unpaired) electrons. The van der Waals surface area contributed by atoms with Gasteiger partial charge in [-0.2, -0.15) is 0 Å². The summed E-state index contributed by atoms with van der Waals surface area (Å²) >= 11 is 0. The molecule has 72 valence electrons. The van der Waals surface area contributed by atoms with Gasteiger partial charge < -0.3 is 15.3 Å². The van der Waals surface area contributed by atoms with Crippen LogP contribution in [0.2, 0.25) is 0 Å². The summed E-state index contributed by atoms with van der Waals surface area (Å²) < 4.78 is 0. The molecular formula is C9H20N2O. The molecule has 0 bridgehead atoms. The smallest absolute Gasteiger partial charge is 0.0639 e. The topological polar surface area (TPSA) is 35.5 Å². The van der Waals surface area contributed by atoms with Crippen molar-refractivity contribution in [2.75, 3.05) is 26.7 Å². The minimum atomic E-state index is -0.184. The average Bonchev–Trinajstić information content (AvgIpc) is 2.05. The third kappa shape index (κ3) is 3.09. The number of rotatable bonds is 3. The Morgan fingerprint density at radius 2 is 2.08 bits per heavy atom. The summed E-state index contributed by atoms with van der Waals surface area (Å²) in [6.07, 6.45) is 2.24. The second-order valence-corrected chi connectivity index (χ2v) is 3.71. The minimum Gasteiger partial charge on any atom is -0.392 e. The van der Waals surface area contributed by atoms with Gasteiger partial charge in [0, 0.05) is 12.6 Å². The van der Waals surface area contributed by atoms with Crippen LogP contribution in [0.3, 0.4) is 0 Å². The molecule has 0 aromatic rings. The highest BCUT2D eigenvalue weighted by molar-refractivity contribution is 4.76. The van der Waals surface area contributed by atoms with E-state index in [-0.39, 0.29) is 6.10 Å². The molecule has 0 saturated carbocycles. The lowest BCUT2D eigenvalue weighted by molar-refractivity contribution is 0.106. The first-order chi connectivity index (χ1) is 5.72. The van der Waals surface area contributed by atoms with Crippen LogP contribution in [0.4, 0.5) is 0 Å². The number of hydrogen-bond acceptors (Lipinski definition) is 3. The Hall–Kier alpha value is -0.120. The zero-order valence-electron chi connectivity index (χ0n) is 8.08. The van der Waals surface area contributed by atoms with Crippen LogP contribution in [0.1, 0.15) is 19.8 Å². The number of hydrogen-bond donors (Lipinski definition) is 2. The molecule has 2 N–H and O–H groups in total. The first-order valence-electron chi connectivity index (χ1n) is 4.80. The largest absolute Gasteiger partial charge is 0.392 e. The van der Waals surface area contributed by atoms with Gasteiger partial charge in [-0.15, -0.1) is 0 Å². The van der Waals surface area contributed by atoms with Crippen LogP contribution in [-0.2, 0) is 0 Å².